The summed E-state index contributed by atoms with van der Waals surface area (Å²) in [6.07, 6.45) is 0.633. The zero-order valence-electron chi connectivity index (χ0n) is 13.3. The Kier molecular flexibility index (Phi) is 9.32. The summed E-state index contributed by atoms with van der Waals surface area (Å²) in [5, 5.41) is 0. The largest absolute Gasteiger partial charge is 0.485 e. The minimum atomic E-state index is -0.338. The average Bonchev–Trinajstić information content (AvgIpc) is 2.39. The molecule has 0 aromatic heterocycles. The SMILES string of the molecule is CCC(CN=C(N(C)C)N(C)C)Oc1ccccc1F.I. The number of halogens is 2. The quantitative estimate of drug-likeness (QED) is 0.425. The fourth-order valence-electron chi connectivity index (χ4n) is 1.84. The molecule has 0 amide bonds. The van der Waals surface area contributed by atoms with Crippen LogP contribution in [0.4, 0.5) is 4.39 Å². The Labute approximate surface area is 144 Å². The van der Waals surface area contributed by atoms with Crippen LogP contribution in [0, 0.1) is 5.82 Å². The summed E-state index contributed by atoms with van der Waals surface area (Å²) in [6.45, 7) is 2.50. The molecule has 0 saturated carbocycles. The van der Waals surface area contributed by atoms with Crippen LogP contribution in [0.25, 0.3) is 0 Å². The zero-order chi connectivity index (χ0) is 15.1. The van der Waals surface area contributed by atoms with E-state index < -0.39 is 0 Å². The van der Waals surface area contributed by atoms with Crippen molar-refractivity contribution in [1.82, 2.24) is 9.80 Å². The van der Waals surface area contributed by atoms with Crippen molar-refractivity contribution < 1.29 is 9.13 Å². The van der Waals surface area contributed by atoms with E-state index in [0.29, 0.717) is 6.54 Å². The van der Waals surface area contributed by atoms with Crippen molar-refractivity contribution in [3.63, 3.8) is 0 Å². The molecular formula is C15H25FIN3O. The lowest BCUT2D eigenvalue weighted by molar-refractivity contribution is 0.196. The first-order valence-electron chi connectivity index (χ1n) is 6.76. The first-order valence-corrected chi connectivity index (χ1v) is 6.76. The van der Waals surface area contributed by atoms with Crippen LogP contribution in [0.3, 0.4) is 0 Å². The van der Waals surface area contributed by atoms with Gasteiger partial charge in [0.25, 0.3) is 0 Å². The zero-order valence-corrected chi connectivity index (χ0v) is 15.7. The van der Waals surface area contributed by atoms with E-state index in [4.69, 9.17) is 4.74 Å². The number of guanidine groups is 1. The minimum Gasteiger partial charge on any atom is -0.485 e. The van der Waals surface area contributed by atoms with Gasteiger partial charge in [-0.25, -0.2) is 9.38 Å². The van der Waals surface area contributed by atoms with Gasteiger partial charge in [0.1, 0.15) is 6.10 Å². The number of hydrogen-bond donors (Lipinski definition) is 0. The molecular weight excluding hydrogens is 384 g/mol. The normalized spacial score (nSPS) is 11.1. The molecule has 4 nitrogen and oxygen atoms in total. The summed E-state index contributed by atoms with van der Waals surface area (Å²) in [5.74, 6) is 0.807. The van der Waals surface area contributed by atoms with Crippen LogP contribution < -0.4 is 4.74 Å². The van der Waals surface area contributed by atoms with Crippen molar-refractivity contribution in [2.45, 2.75) is 19.4 Å². The Morgan fingerprint density at radius 1 is 1.19 bits per heavy atom. The molecule has 0 radical (unpaired) electrons. The highest BCUT2D eigenvalue weighted by molar-refractivity contribution is 14.0. The van der Waals surface area contributed by atoms with E-state index in [-0.39, 0.29) is 41.6 Å². The number of nitrogens with zero attached hydrogens (tertiary/aromatic N) is 3. The van der Waals surface area contributed by atoms with Gasteiger partial charge in [-0.1, -0.05) is 19.1 Å². The third-order valence-electron chi connectivity index (χ3n) is 2.82. The van der Waals surface area contributed by atoms with Crippen LogP contribution in [-0.2, 0) is 0 Å². The smallest absolute Gasteiger partial charge is 0.195 e. The van der Waals surface area contributed by atoms with Crippen molar-refractivity contribution >= 4 is 29.9 Å². The van der Waals surface area contributed by atoms with Crippen LogP contribution in [0.5, 0.6) is 5.75 Å². The van der Waals surface area contributed by atoms with Gasteiger partial charge in [-0.05, 0) is 18.6 Å². The number of para-hydroxylation sites is 1. The molecule has 1 aromatic carbocycles. The van der Waals surface area contributed by atoms with Crippen molar-refractivity contribution in [3.8, 4) is 5.75 Å². The number of ether oxygens (including phenoxy) is 1. The molecule has 1 atom stereocenters. The van der Waals surface area contributed by atoms with Gasteiger partial charge in [-0.2, -0.15) is 0 Å². The van der Waals surface area contributed by atoms with E-state index in [1.807, 2.05) is 44.9 Å². The number of hydrogen-bond acceptors (Lipinski definition) is 2. The first kappa shape index (κ1) is 19.9. The molecule has 1 aromatic rings. The molecule has 0 aliphatic carbocycles. The third-order valence-corrected chi connectivity index (χ3v) is 2.82. The maximum Gasteiger partial charge on any atom is 0.195 e. The number of benzene rings is 1. The Balaban J connectivity index is 0.00000400. The average molecular weight is 409 g/mol. The van der Waals surface area contributed by atoms with Gasteiger partial charge in [0.2, 0.25) is 0 Å². The molecule has 1 rings (SSSR count). The molecule has 0 heterocycles. The summed E-state index contributed by atoms with van der Waals surface area (Å²) < 4.78 is 19.2. The Morgan fingerprint density at radius 2 is 1.76 bits per heavy atom. The lowest BCUT2D eigenvalue weighted by atomic mass is 10.2. The lowest BCUT2D eigenvalue weighted by Crippen LogP contribution is -2.36. The lowest BCUT2D eigenvalue weighted by Gasteiger charge is -2.24. The fraction of sp³-hybridized carbons (Fsp3) is 0.533. The van der Waals surface area contributed by atoms with Gasteiger partial charge >= 0.3 is 0 Å². The maximum atomic E-state index is 13.6. The maximum absolute atomic E-state index is 13.6. The minimum absolute atomic E-state index is 0. The Bertz CT molecular complexity index is 442. The summed E-state index contributed by atoms with van der Waals surface area (Å²) in [6, 6.07) is 6.45. The first-order chi connectivity index (χ1) is 9.45. The summed E-state index contributed by atoms with van der Waals surface area (Å²) in [7, 11) is 7.77. The molecule has 0 saturated heterocycles. The fourth-order valence-corrected chi connectivity index (χ4v) is 1.84. The van der Waals surface area contributed by atoms with Crippen LogP contribution >= 0.6 is 24.0 Å². The molecule has 0 fully saturated rings. The van der Waals surface area contributed by atoms with E-state index in [0.717, 1.165) is 12.4 Å². The van der Waals surface area contributed by atoms with Gasteiger partial charge < -0.3 is 14.5 Å². The van der Waals surface area contributed by atoms with Gasteiger partial charge in [0, 0.05) is 28.2 Å². The molecule has 120 valence electrons. The van der Waals surface area contributed by atoms with Crippen molar-refractivity contribution in [2.75, 3.05) is 34.7 Å². The molecule has 0 spiro atoms. The predicted octanol–water partition coefficient (Wildman–Crippen LogP) is 3.08. The third kappa shape index (κ3) is 6.50. The standard InChI is InChI=1S/C15H24FN3O.HI/c1-6-12(11-17-15(18(2)3)19(4)5)20-14-10-8-7-9-13(14)16;/h7-10,12H,6,11H2,1-5H3;1H. The second-order valence-corrected chi connectivity index (χ2v) is 5.01. The van der Waals surface area contributed by atoms with E-state index in [9.17, 15) is 4.39 Å². The molecule has 6 heteroatoms. The van der Waals surface area contributed by atoms with Gasteiger partial charge in [0.15, 0.2) is 17.5 Å². The van der Waals surface area contributed by atoms with Gasteiger partial charge in [0.05, 0.1) is 6.54 Å². The van der Waals surface area contributed by atoms with Crippen LogP contribution in [0.15, 0.2) is 29.3 Å². The van der Waals surface area contributed by atoms with Crippen molar-refractivity contribution in [1.29, 1.82) is 0 Å². The van der Waals surface area contributed by atoms with Gasteiger partial charge in [-0.15, -0.1) is 24.0 Å². The van der Waals surface area contributed by atoms with Gasteiger partial charge in [-0.3, -0.25) is 0 Å². The molecule has 0 aliphatic rings. The Morgan fingerprint density at radius 3 is 2.24 bits per heavy atom. The highest BCUT2D eigenvalue weighted by atomic mass is 127. The second kappa shape index (κ2) is 9.81. The second-order valence-electron chi connectivity index (χ2n) is 5.01. The molecule has 0 bridgehead atoms. The molecule has 1 unspecified atom stereocenters. The van der Waals surface area contributed by atoms with E-state index in [1.165, 1.54) is 6.07 Å². The number of aliphatic imine (C=N–C) groups is 1. The van der Waals surface area contributed by atoms with E-state index in [1.54, 1.807) is 18.2 Å². The number of rotatable bonds is 5. The highest BCUT2D eigenvalue weighted by Crippen LogP contribution is 2.18. The molecule has 0 N–H and O–H groups in total. The van der Waals surface area contributed by atoms with E-state index in [2.05, 4.69) is 4.99 Å². The predicted molar refractivity (Wildman–Crippen MR) is 96.2 cm³/mol. The summed E-state index contributed by atoms with van der Waals surface area (Å²) >= 11 is 0. The summed E-state index contributed by atoms with van der Waals surface area (Å²) in [5.41, 5.74) is 0. The topological polar surface area (TPSA) is 28.1 Å². The van der Waals surface area contributed by atoms with Crippen molar-refractivity contribution in [3.05, 3.63) is 30.1 Å². The van der Waals surface area contributed by atoms with Crippen LogP contribution in [0.2, 0.25) is 0 Å². The molecule has 21 heavy (non-hydrogen) atoms. The van der Waals surface area contributed by atoms with E-state index >= 15 is 0 Å². The monoisotopic (exact) mass is 409 g/mol. The highest BCUT2D eigenvalue weighted by Gasteiger charge is 2.12. The van der Waals surface area contributed by atoms with Crippen molar-refractivity contribution in [2.24, 2.45) is 4.99 Å². The van der Waals surface area contributed by atoms with Crippen LogP contribution in [0.1, 0.15) is 13.3 Å². The molecule has 0 aliphatic heterocycles. The Hall–Kier alpha value is -1.05. The summed E-state index contributed by atoms with van der Waals surface area (Å²) in [4.78, 5) is 8.42. The van der Waals surface area contributed by atoms with Crippen LogP contribution in [-0.4, -0.2) is 56.6 Å².